The third-order valence-electron chi connectivity index (χ3n) is 2.38. The van der Waals surface area contributed by atoms with E-state index in [1.54, 1.807) is 19.1 Å². The van der Waals surface area contributed by atoms with Gasteiger partial charge in [-0.05, 0) is 26.0 Å². The van der Waals surface area contributed by atoms with Crippen molar-refractivity contribution in [2.45, 2.75) is 13.8 Å². The van der Waals surface area contributed by atoms with Crippen molar-refractivity contribution in [1.29, 1.82) is 0 Å². The summed E-state index contributed by atoms with van der Waals surface area (Å²) in [5, 5.41) is 2.58. The molecule has 0 aromatic heterocycles. The lowest BCUT2D eigenvalue weighted by Gasteiger charge is -2.21. The number of aryl methyl sites for hydroxylation is 1. The van der Waals surface area contributed by atoms with Crippen LogP contribution in [0.25, 0.3) is 0 Å². The lowest BCUT2D eigenvalue weighted by atomic mass is 10.2. The molecule has 0 saturated heterocycles. The fourth-order valence-corrected chi connectivity index (χ4v) is 2.35. The van der Waals surface area contributed by atoms with Crippen LogP contribution in [0.3, 0.4) is 0 Å². The van der Waals surface area contributed by atoms with E-state index in [0.717, 1.165) is 16.1 Å². The van der Waals surface area contributed by atoms with Gasteiger partial charge in [-0.2, -0.15) is 0 Å². The molecule has 0 aliphatic carbocycles. The number of hydrogen-bond donors (Lipinski definition) is 1. The molecule has 1 aromatic carbocycles. The van der Waals surface area contributed by atoms with Gasteiger partial charge in [0.15, 0.2) is 0 Å². The number of nitrogens with zero attached hydrogens (tertiary/aromatic N) is 1. The number of carbonyl (C=O) groups excluding carboxylic acids is 1. The number of anilines is 1. The largest absolute Gasteiger partial charge is 0.355 e. The van der Waals surface area contributed by atoms with E-state index in [1.807, 2.05) is 19.1 Å². The lowest BCUT2D eigenvalue weighted by Crippen LogP contribution is -2.40. The first-order valence-electron chi connectivity index (χ1n) is 5.65. The molecule has 5 nitrogen and oxygen atoms in total. The van der Waals surface area contributed by atoms with Gasteiger partial charge in [0.1, 0.15) is 6.54 Å². The van der Waals surface area contributed by atoms with Crippen LogP contribution in [0.15, 0.2) is 24.3 Å². The van der Waals surface area contributed by atoms with Gasteiger partial charge in [0.25, 0.3) is 0 Å². The van der Waals surface area contributed by atoms with Gasteiger partial charge in [-0.3, -0.25) is 9.10 Å². The first-order valence-corrected chi connectivity index (χ1v) is 7.50. The molecule has 0 aliphatic rings. The molecule has 0 unspecified atom stereocenters. The molecular weight excluding hydrogens is 252 g/mol. The molecule has 0 spiro atoms. The molecule has 1 amide bonds. The molecule has 0 bridgehead atoms. The van der Waals surface area contributed by atoms with Gasteiger partial charge in [0.2, 0.25) is 15.9 Å². The number of amides is 1. The van der Waals surface area contributed by atoms with E-state index in [9.17, 15) is 13.2 Å². The van der Waals surface area contributed by atoms with E-state index in [0.29, 0.717) is 12.2 Å². The van der Waals surface area contributed by atoms with E-state index >= 15 is 0 Å². The molecule has 1 rings (SSSR count). The maximum absolute atomic E-state index is 11.7. The van der Waals surface area contributed by atoms with Gasteiger partial charge >= 0.3 is 0 Å². The van der Waals surface area contributed by atoms with Crippen LogP contribution in [-0.4, -0.2) is 33.7 Å². The normalized spacial score (nSPS) is 11.1. The zero-order valence-corrected chi connectivity index (χ0v) is 11.6. The van der Waals surface area contributed by atoms with E-state index in [4.69, 9.17) is 0 Å². The summed E-state index contributed by atoms with van der Waals surface area (Å²) in [7, 11) is -3.47. The standard InChI is InChI=1S/C12H18N2O3S/c1-4-13-12(15)9-14(18(3,16)17)11-7-5-10(2)6-8-11/h5-8H,4,9H2,1-3H3,(H,13,15). The van der Waals surface area contributed by atoms with Gasteiger partial charge in [-0.1, -0.05) is 17.7 Å². The summed E-state index contributed by atoms with van der Waals surface area (Å²) in [4.78, 5) is 11.5. The van der Waals surface area contributed by atoms with Gasteiger partial charge in [0.05, 0.1) is 11.9 Å². The molecule has 0 radical (unpaired) electrons. The molecule has 6 heteroatoms. The minimum Gasteiger partial charge on any atom is -0.355 e. The van der Waals surface area contributed by atoms with Crippen molar-refractivity contribution in [2.24, 2.45) is 0 Å². The van der Waals surface area contributed by atoms with E-state index in [2.05, 4.69) is 5.32 Å². The molecule has 100 valence electrons. The quantitative estimate of drug-likeness (QED) is 0.864. The van der Waals surface area contributed by atoms with Gasteiger partial charge < -0.3 is 5.32 Å². The lowest BCUT2D eigenvalue weighted by molar-refractivity contribution is -0.119. The number of rotatable bonds is 5. The first-order chi connectivity index (χ1) is 8.34. The smallest absolute Gasteiger partial charge is 0.240 e. The summed E-state index contributed by atoms with van der Waals surface area (Å²) in [6.45, 7) is 3.98. The predicted molar refractivity (Wildman–Crippen MR) is 72.1 cm³/mol. The maximum atomic E-state index is 11.7. The zero-order valence-electron chi connectivity index (χ0n) is 10.8. The summed E-state index contributed by atoms with van der Waals surface area (Å²) in [6, 6.07) is 7.00. The van der Waals surface area contributed by atoms with Crippen LogP contribution in [0.2, 0.25) is 0 Å². The molecule has 0 saturated carbocycles. The SMILES string of the molecule is CCNC(=O)CN(c1ccc(C)cc1)S(C)(=O)=O. The van der Waals surface area contributed by atoms with Gasteiger partial charge in [-0.25, -0.2) is 8.42 Å². The van der Waals surface area contributed by atoms with Crippen molar-refractivity contribution < 1.29 is 13.2 Å². The van der Waals surface area contributed by atoms with Crippen molar-refractivity contribution in [3.05, 3.63) is 29.8 Å². The highest BCUT2D eigenvalue weighted by molar-refractivity contribution is 7.92. The van der Waals surface area contributed by atoms with Gasteiger partial charge in [0, 0.05) is 6.54 Å². The Bertz CT molecular complexity index is 509. The molecule has 1 aromatic rings. The molecule has 0 fully saturated rings. The van der Waals surface area contributed by atoms with Crippen LogP contribution in [0, 0.1) is 6.92 Å². The monoisotopic (exact) mass is 270 g/mol. The second kappa shape index (κ2) is 5.86. The highest BCUT2D eigenvalue weighted by Gasteiger charge is 2.20. The fourth-order valence-electron chi connectivity index (χ4n) is 1.49. The number of likely N-dealkylation sites (N-methyl/N-ethyl adjacent to an activating group) is 1. The van der Waals surface area contributed by atoms with Crippen LogP contribution >= 0.6 is 0 Å². The van der Waals surface area contributed by atoms with Crippen LogP contribution in [0.5, 0.6) is 0 Å². The zero-order chi connectivity index (χ0) is 13.8. The first kappa shape index (κ1) is 14.5. The highest BCUT2D eigenvalue weighted by Crippen LogP contribution is 2.17. The minimum atomic E-state index is -3.47. The molecule has 1 N–H and O–H groups in total. The van der Waals surface area contributed by atoms with Crippen molar-refractivity contribution >= 4 is 21.6 Å². The molecule has 0 atom stereocenters. The number of hydrogen-bond acceptors (Lipinski definition) is 3. The Balaban J connectivity index is 3.00. The Morgan fingerprint density at radius 1 is 1.28 bits per heavy atom. The fraction of sp³-hybridized carbons (Fsp3) is 0.417. The summed E-state index contributed by atoms with van der Waals surface area (Å²) in [5.41, 5.74) is 1.53. The third-order valence-corrected chi connectivity index (χ3v) is 3.52. The Hall–Kier alpha value is -1.56. The van der Waals surface area contributed by atoms with Crippen LogP contribution in [0.1, 0.15) is 12.5 Å². The summed E-state index contributed by atoms with van der Waals surface area (Å²) in [6.07, 6.45) is 1.09. The summed E-state index contributed by atoms with van der Waals surface area (Å²) < 4.78 is 24.5. The molecular formula is C12H18N2O3S. The average molecular weight is 270 g/mol. The number of nitrogens with one attached hydrogen (secondary N) is 1. The van der Waals surface area contributed by atoms with E-state index < -0.39 is 10.0 Å². The van der Waals surface area contributed by atoms with Crippen LogP contribution < -0.4 is 9.62 Å². The Labute approximate surface area is 108 Å². The Kier molecular flexibility index (Phi) is 4.72. The highest BCUT2D eigenvalue weighted by atomic mass is 32.2. The topological polar surface area (TPSA) is 66.5 Å². The Morgan fingerprint density at radius 3 is 2.28 bits per heavy atom. The van der Waals surface area contributed by atoms with Crippen LogP contribution in [0.4, 0.5) is 5.69 Å². The third kappa shape index (κ3) is 4.03. The molecule has 0 heterocycles. The van der Waals surface area contributed by atoms with Gasteiger partial charge in [-0.15, -0.1) is 0 Å². The number of carbonyl (C=O) groups is 1. The van der Waals surface area contributed by atoms with E-state index in [1.165, 1.54) is 0 Å². The van der Waals surface area contributed by atoms with Crippen molar-refractivity contribution in [1.82, 2.24) is 5.32 Å². The van der Waals surface area contributed by atoms with Crippen molar-refractivity contribution in [2.75, 3.05) is 23.7 Å². The number of benzene rings is 1. The second-order valence-electron chi connectivity index (χ2n) is 4.06. The van der Waals surface area contributed by atoms with Crippen molar-refractivity contribution in [3.63, 3.8) is 0 Å². The Morgan fingerprint density at radius 2 is 1.83 bits per heavy atom. The average Bonchev–Trinajstić information content (AvgIpc) is 2.26. The second-order valence-corrected chi connectivity index (χ2v) is 5.97. The summed E-state index contributed by atoms with van der Waals surface area (Å²) in [5.74, 6) is -0.316. The van der Waals surface area contributed by atoms with Crippen LogP contribution in [-0.2, 0) is 14.8 Å². The number of sulfonamides is 1. The predicted octanol–water partition coefficient (Wildman–Crippen LogP) is 0.897. The molecule has 0 aliphatic heterocycles. The summed E-state index contributed by atoms with van der Waals surface area (Å²) >= 11 is 0. The van der Waals surface area contributed by atoms with Crippen molar-refractivity contribution in [3.8, 4) is 0 Å². The van der Waals surface area contributed by atoms with E-state index in [-0.39, 0.29) is 12.5 Å². The maximum Gasteiger partial charge on any atom is 0.240 e. The molecule has 18 heavy (non-hydrogen) atoms. The minimum absolute atomic E-state index is 0.199.